The van der Waals surface area contributed by atoms with E-state index in [4.69, 9.17) is 7.05 Å². The summed E-state index contributed by atoms with van der Waals surface area (Å²) >= 11 is 0. The summed E-state index contributed by atoms with van der Waals surface area (Å²) < 4.78 is 13.6. The number of nitro benzene ring substituents is 1. The van der Waals surface area contributed by atoms with E-state index < -0.39 is 21.1 Å². The fraction of sp³-hybridized carbons (Fsp3) is 0.118. The molecule has 2 aromatic carbocycles. The third-order valence-corrected chi connectivity index (χ3v) is 3.97. The van der Waals surface area contributed by atoms with Crippen LogP contribution < -0.4 is 4.48 Å². The molecule has 1 amide bonds. The van der Waals surface area contributed by atoms with Gasteiger partial charge < -0.3 is 0 Å². The molecule has 1 atom stereocenters. The van der Waals surface area contributed by atoms with Gasteiger partial charge in [0, 0.05) is 23.8 Å². The van der Waals surface area contributed by atoms with E-state index >= 15 is 0 Å². The van der Waals surface area contributed by atoms with Gasteiger partial charge in [-0.25, -0.2) is 13.7 Å². The quantitative estimate of drug-likeness (QED) is 0.484. The Hall–Kier alpha value is -2.93. The number of halogens is 1. The summed E-state index contributed by atoms with van der Waals surface area (Å²) in [7, 11) is 7.55. The van der Waals surface area contributed by atoms with Crippen LogP contribution >= 0.6 is 0 Å². The average molecular weight is 326 g/mol. The van der Waals surface area contributed by atoms with E-state index in [9.17, 15) is 19.3 Å². The average Bonchev–Trinajstić information content (AvgIpc) is 2.64. The van der Waals surface area contributed by atoms with Crippen LogP contribution in [0.4, 0.5) is 15.8 Å². The molecule has 120 valence electrons. The lowest BCUT2D eigenvalue weighted by atomic mass is 9.98. The van der Waals surface area contributed by atoms with E-state index in [1.54, 1.807) is 6.07 Å². The number of fused-ring (bicyclic) bond motifs is 1. The maximum atomic E-state index is 14.2. The van der Waals surface area contributed by atoms with Gasteiger partial charge in [0.15, 0.2) is 12.2 Å². The maximum Gasteiger partial charge on any atom is 0.340 e. The Bertz CT molecular complexity index is 890. The lowest BCUT2D eigenvalue weighted by Crippen LogP contribution is -2.45. The fourth-order valence-electron chi connectivity index (χ4n) is 2.63. The van der Waals surface area contributed by atoms with Crippen LogP contribution in [0.3, 0.4) is 0 Å². The summed E-state index contributed by atoms with van der Waals surface area (Å²) in [6.45, 7) is -0.251. The first-order valence-corrected chi connectivity index (χ1v) is 7.09. The number of rotatable bonds is 2. The van der Waals surface area contributed by atoms with Crippen molar-refractivity contribution in [3.63, 3.8) is 0 Å². The van der Waals surface area contributed by atoms with Crippen molar-refractivity contribution in [2.24, 2.45) is 4.99 Å². The molecule has 2 radical (unpaired) electrons. The van der Waals surface area contributed by atoms with E-state index in [2.05, 4.69) is 4.99 Å². The summed E-state index contributed by atoms with van der Waals surface area (Å²) in [6.07, 6.45) is 0. The molecule has 0 N–H and O–H groups in total. The van der Waals surface area contributed by atoms with Gasteiger partial charge in [0.2, 0.25) is 7.05 Å². The first-order valence-electron chi connectivity index (χ1n) is 7.09. The lowest BCUT2D eigenvalue weighted by Gasteiger charge is -2.24. The van der Waals surface area contributed by atoms with E-state index in [0.29, 0.717) is 5.69 Å². The molecular formula is C17H13FN3O3+. The van der Waals surface area contributed by atoms with Gasteiger partial charge in [-0.1, -0.05) is 12.1 Å². The largest absolute Gasteiger partial charge is 0.340 e. The molecular weight excluding hydrogens is 313 g/mol. The van der Waals surface area contributed by atoms with Crippen molar-refractivity contribution in [2.45, 2.75) is 0 Å². The lowest BCUT2D eigenvalue weighted by molar-refractivity contribution is -0.384. The molecule has 0 aromatic heterocycles. The highest BCUT2D eigenvalue weighted by molar-refractivity contribution is 6.19. The molecule has 1 unspecified atom stereocenters. The Labute approximate surface area is 137 Å². The zero-order valence-corrected chi connectivity index (χ0v) is 12.8. The SMILES string of the molecule is [CH][N+]1(C)C(=O)CN=C(c2ccccc2F)c2cc([N+](=O)[O-])ccc21. The molecule has 0 saturated heterocycles. The Balaban J connectivity index is 2.32. The molecule has 7 heteroatoms. The van der Waals surface area contributed by atoms with Gasteiger partial charge in [-0.15, -0.1) is 0 Å². The molecule has 1 aliphatic heterocycles. The van der Waals surface area contributed by atoms with Gasteiger partial charge in [-0.2, -0.15) is 0 Å². The van der Waals surface area contributed by atoms with Gasteiger partial charge in [0.1, 0.15) is 5.82 Å². The smallest absolute Gasteiger partial charge is 0.269 e. The number of aliphatic imine (C=N–C) groups is 1. The van der Waals surface area contributed by atoms with Crippen LogP contribution in [0, 0.1) is 23.0 Å². The highest BCUT2D eigenvalue weighted by atomic mass is 19.1. The number of nitro groups is 1. The number of carbonyl (C=O) groups excluding carboxylic acids is 1. The summed E-state index contributed by atoms with van der Waals surface area (Å²) in [5.74, 6) is -0.939. The van der Waals surface area contributed by atoms with Crippen LogP contribution in [-0.2, 0) is 4.79 Å². The fourth-order valence-corrected chi connectivity index (χ4v) is 2.63. The Kier molecular flexibility index (Phi) is 3.73. The van der Waals surface area contributed by atoms with Crippen LogP contribution in [0.2, 0.25) is 0 Å². The minimum Gasteiger partial charge on any atom is -0.269 e. The topological polar surface area (TPSA) is 72.6 Å². The Morgan fingerprint density at radius 2 is 1.96 bits per heavy atom. The van der Waals surface area contributed by atoms with Gasteiger partial charge in [-0.05, 0) is 12.1 Å². The van der Waals surface area contributed by atoms with Crippen molar-refractivity contribution in [2.75, 3.05) is 13.6 Å². The second-order valence-corrected chi connectivity index (χ2v) is 5.57. The Morgan fingerprint density at radius 1 is 1.25 bits per heavy atom. The third kappa shape index (κ3) is 2.48. The number of hydrogen-bond acceptors (Lipinski definition) is 4. The van der Waals surface area contributed by atoms with Crippen molar-refractivity contribution in [3.8, 4) is 0 Å². The first-order chi connectivity index (χ1) is 11.3. The molecule has 0 bridgehead atoms. The molecule has 24 heavy (non-hydrogen) atoms. The molecule has 1 aliphatic rings. The van der Waals surface area contributed by atoms with Crippen LogP contribution in [0.5, 0.6) is 0 Å². The maximum absolute atomic E-state index is 14.2. The number of benzene rings is 2. The molecule has 0 aliphatic carbocycles. The second-order valence-electron chi connectivity index (χ2n) is 5.57. The van der Waals surface area contributed by atoms with E-state index in [0.717, 1.165) is 0 Å². The highest BCUT2D eigenvalue weighted by Crippen LogP contribution is 2.33. The zero-order chi connectivity index (χ0) is 17.5. The zero-order valence-electron chi connectivity index (χ0n) is 12.8. The van der Waals surface area contributed by atoms with Crippen LogP contribution in [0.15, 0.2) is 47.5 Å². The van der Waals surface area contributed by atoms with Crippen LogP contribution in [0.1, 0.15) is 11.1 Å². The number of non-ortho nitro benzene ring substituents is 1. The molecule has 1 heterocycles. The van der Waals surface area contributed by atoms with Gasteiger partial charge >= 0.3 is 5.91 Å². The monoisotopic (exact) mass is 326 g/mol. The summed E-state index contributed by atoms with van der Waals surface area (Å²) in [5, 5.41) is 11.1. The summed E-state index contributed by atoms with van der Waals surface area (Å²) in [5.41, 5.74) is 0.740. The molecule has 0 saturated carbocycles. The van der Waals surface area contributed by atoms with Crippen molar-refractivity contribution in [1.82, 2.24) is 4.48 Å². The number of nitrogens with zero attached hydrogens (tertiary/aromatic N) is 3. The summed E-state index contributed by atoms with van der Waals surface area (Å²) in [6, 6.07) is 9.86. The molecule has 6 nitrogen and oxygen atoms in total. The van der Waals surface area contributed by atoms with E-state index in [1.165, 1.54) is 43.4 Å². The first kappa shape index (κ1) is 15.9. The number of benzodiazepines with no additional fused rings is 1. The van der Waals surface area contributed by atoms with E-state index in [-0.39, 0.29) is 29.1 Å². The van der Waals surface area contributed by atoms with Crippen molar-refractivity contribution in [3.05, 3.63) is 76.6 Å². The number of hydrogen-bond donors (Lipinski definition) is 0. The third-order valence-electron chi connectivity index (χ3n) is 3.97. The summed E-state index contributed by atoms with van der Waals surface area (Å²) in [4.78, 5) is 27.0. The second kappa shape index (κ2) is 5.61. The minimum absolute atomic E-state index is 0.161. The molecule has 0 spiro atoms. The number of carbonyl (C=O) groups is 1. The van der Waals surface area contributed by atoms with E-state index in [1.807, 2.05) is 0 Å². The molecule has 2 aromatic rings. The van der Waals surface area contributed by atoms with Gasteiger partial charge in [0.05, 0.1) is 23.2 Å². The Morgan fingerprint density at radius 3 is 2.62 bits per heavy atom. The van der Waals surface area contributed by atoms with Crippen LogP contribution in [-0.4, -0.2) is 30.1 Å². The van der Waals surface area contributed by atoms with Gasteiger partial charge in [-0.3, -0.25) is 15.1 Å². The predicted molar refractivity (Wildman–Crippen MR) is 87.0 cm³/mol. The van der Waals surface area contributed by atoms with Crippen molar-refractivity contribution in [1.29, 1.82) is 0 Å². The van der Waals surface area contributed by atoms with Gasteiger partial charge in [0.25, 0.3) is 5.69 Å². The highest BCUT2D eigenvalue weighted by Gasteiger charge is 2.38. The van der Waals surface area contributed by atoms with Crippen molar-refractivity contribution >= 4 is 23.0 Å². The molecule has 3 rings (SSSR count). The number of likely N-dealkylation sites (N-methyl/N-ethyl adjacent to an activating group) is 1. The normalized spacial score (nSPS) is 16.1. The molecule has 0 fully saturated rings. The number of amides is 1. The van der Waals surface area contributed by atoms with Crippen LogP contribution in [0.25, 0.3) is 0 Å². The predicted octanol–water partition coefficient (Wildman–Crippen LogP) is 2.72. The number of quaternary nitrogens is 1. The standard InChI is InChI=1S/C17H13FN3O3/c1-21(2)15-8-7-11(20(23)24)9-13(15)17(19-10-16(21)22)12-5-3-4-6-14(12)18/h1,3-9H,10H2,2H3/q+1. The minimum atomic E-state index is -0.616. The van der Waals surface area contributed by atoms with Crippen molar-refractivity contribution < 1.29 is 14.1 Å².